The normalized spacial score (nSPS) is 16.1. The molecule has 3 rings (SSSR count). The van der Waals surface area contributed by atoms with Crippen LogP contribution in [0.3, 0.4) is 0 Å². The number of allylic oxidation sites excluding steroid dienone is 1. The number of nitrogens with zero attached hydrogens (tertiary/aromatic N) is 1. The predicted molar refractivity (Wildman–Crippen MR) is 69.1 cm³/mol. The summed E-state index contributed by atoms with van der Waals surface area (Å²) >= 11 is 0. The van der Waals surface area contributed by atoms with Gasteiger partial charge in [-0.3, -0.25) is 4.79 Å². The van der Waals surface area contributed by atoms with Crippen LogP contribution in [0.25, 0.3) is 10.9 Å². The van der Waals surface area contributed by atoms with Gasteiger partial charge in [0, 0.05) is 30.1 Å². The number of para-hydroxylation sites is 1. The molecule has 0 amide bonds. The minimum atomic E-state index is 0.195. The molecule has 1 aromatic heterocycles. The zero-order valence-electron chi connectivity index (χ0n) is 9.99. The van der Waals surface area contributed by atoms with Gasteiger partial charge in [0.15, 0.2) is 5.78 Å². The number of Topliss-reactive ketones (excluding diaryl/α,β-unsaturated/α-hetero) is 1. The van der Waals surface area contributed by atoms with Crippen LogP contribution >= 0.6 is 0 Å². The third-order valence-electron chi connectivity index (χ3n) is 3.74. The van der Waals surface area contributed by atoms with Crippen molar-refractivity contribution in [2.24, 2.45) is 7.05 Å². The lowest BCUT2D eigenvalue weighted by molar-refractivity contribution is -0.115. The highest BCUT2D eigenvalue weighted by molar-refractivity contribution is 6.00. The molecule has 0 unspecified atom stereocenters. The summed E-state index contributed by atoms with van der Waals surface area (Å²) in [4.78, 5) is 11.9. The lowest BCUT2D eigenvalue weighted by atomic mass is 10.0. The van der Waals surface area contributed by atoms with E-state index in [2.05, 4.69) is 30.3 Å². The monoisotopic (exact) mass is 225 g/mol. The molecular formula is C15H15NO. The fourth-order valence-electron chi connectivity index (χ4n) is 2.73. The Morgan fingerprint density at radius 1 is 1.24 bits per heavy atom. The summed E-state index contributed by atoms with van der Waals surface area (Å²) in [7, 11) is 2.08. The van der Waals surface area contributed by atoms with Crippen LogP contribution in [0.15, 0.2) is 36.4 Å². The molecule has 2 aromatic rings. The Balaban J connectivity index is 2.29. The number of benzene rings is 1. The number of hydrogen-bond acceptors (Lipinski definition) is 1. The van der Waals surface area contributed by atoms with Crippen LogP contribution in [0.4, 0.5) is 0 Å². The van der Waals surface area contributed by atoms with Crippen LogP contribution in [-0.4, -0.2) is 10.4 Å². The standard InChI is InChI=1S/C15H15NO/c1-10-7-8-14-12(9-15(10)17)11-5-3-4-6-13(11)16(14)2/h3-6H,1,7-9H2,2H3. The van der Waals surface area contributed by atoms with Crippen molar-refractivity contribution in [3.63, 3.8) is 0 Å². The van der Waals surface area contributed by atoms with Gasteiger partial charge in [0.2, 0.25) is 0 Å². The number of hydrogen-bond donors (Lipinski definition) is 0. The van der Waals surface area contributed by atoms with Gasteiger partial charge in [0.05, 0.1) is 0 Å². The highest BCUT2D eigenvalue weighted by atomic mass is 16.1. The second kappa shape index (κ2) is 3.59. The van der Waals surface area contributed by atoms with Crippen LogP contribution in [0.5, 0.6) is 0 Å². The molecule has 0 saturated carbocycles. The minimum absolute atomic E-state index is 0.195. The average molecular weight is 225 g/mol. The maximum absolute atomic E-state index is 11.9. The van der Waals surface area contributed by atoms with E-state index in [1.807, 2.05) is 12.1 Å². The fraction of sp³-hybridized carbons (Fsp3) is 0.267. The Labute approximate surface area is 101 Å². The van der Waals surface area contributed by atoms with Crippen LogP contribution < -0.4 is 0 Å². The molecule has 0 aliphatic heterocycles. The topological polar surface area (TPSA) is 22.0 Å². The van der Waals surface area contributed by atoms with Gasteiger partial charge in [-0.15, -0.1) is 0 Å². The summed E-state index contributed by atoms with van der Waals surface area (Å²) < 4.78 is 2.22. The highest BCUT2D eigenvalue weighted by Gasteiger charge is 2.22. The quantitative estimate of drug-likeness (QED) is 0.499. The number of aromatic nitrogens is 1. The summed E-state index contributed by atoms with van der Waals surface area (Å²) in [6.45, 7) is 3.87. The van der Waals surface area contributed by atoms with Crippen molar-refractivity contribution in [3.8, 4) is 0 Å². The second-order valence-electron chi connectivity index (χ2n) is 4.70. The lowest BCUT2D eigenvalue weighted by Gasteiger charge is -2.03. The number of ketones is 1. The first-order chi connectivity index (χ1) is 8.18. The molecule has 2 heteroatoms. The molecule has 1 aliphatic carbocycles. The summed E-state index contributed by atoms with van der Waals surface area (Å²) in [5.74, 6) is 0.195. The van der Waals surface area contributed by atoms with Crippen molar-refractivity contribution in [2.75, 3.05) is 0 Å². The molecule has 1 aromatic carbocycles. The number of rotatable bonds is 0. The van der Waals surface area contributed by atoms with E-state index in [-0.39, 0.29) is 5.78 Å². The zero-order chi connectivity index (χ0) is 12.0. The number of fused-ring (bicyclic) bond motifs is 3. The molecule has 17 heavy (non-hydrogen) atoms. The Bertz CT molecular complexity index is 634. The Morgan fingerprint density at radius 2 is 2.00 bits per heavy atom. The summed E-state index contributed by atoms with van der Waals surface area (Å²) in [6.07, 6.45) is 2.22. The molecule has 0 spiro atoms. The maximum Gasteiger partial charge on any atom is 0.162 e. The van der Waals surface area contributed by atoms with E-state index >= 15 is 0 Å². The Kier molecular flexibility index (Phi) is 2.18. The Morgan fingerprint density at radius 3 is 2.82 bits per heavy atom. The highest BCUT2D eigenvalue weighted by Crippen LogP contribution is 2.30. The smallest absolute Gasteiger partial charge is 0.162 e. The first kappa shape index (κ1) is 10.3. The molecule has 0 fully saturated rings. The third kappa shape index (κ3) is 1.44. The summed E-state index contributed by atoms with van der Waals surface area (Å²) in [6, 6.07) is 8.30. The summed E-state index contributed by atoms with van der Waals surface area (Å²) in [5, 5.41) is 1.22. The van der Waals surface area contributed by atoms with Gasteiger partial charge in [0.1, 0.15) is 0 Å². The van der Waals surface area contributed by atoms with E-state index in [0.29, 0.717) is 6.42 Å². The van der Waals surface area contributed by atoms with E-state index in [4.69, 9.17) is 0 Å². The van der Waals surface area contributed by atoms with Gasteiger partial charge in [-0.25, -0.2) is 0 Å². The van der Waals surface area contributed by atoms with Crippen molar-refractivity contribution in [3.05, 3.63) is 47.7 Å². The second-order valence-corrected chi connectivity index (χ2v) is 4.70. The van der Waals surface area contributed by atoms with E-state index < -0.39 is 0 Å². The van der Waals surface area contributed by atoms with Crippen molar-refractivity contribution >= 4 is 16.7 Å². The van der Waals surface area contributed by atoms with Gasteiger partial charge in [-0.05, 0) is 30.0 Å². The van der Waals surface area contributed by atoms with Crippen LogP contribution in [0.1, 0.15) is 17.7 Å². The largest absolute Gasteiger partial charge is 0.347 e. The fourth-order valence-corrected chi connectivity index (χ4v) is 2.73. The molecule has 0 saturated heterocycles. The first-order valence-corrected chi connectivity index (χ1v) is 5.94. The molecule has 1 aliphatic rings. The van der Waals surface area contributed by atoms with Gasteiger partial charge >= 0.3 is 0 Å². The van der Waals surface area contributed by atoms with Crippen LogP contribution in [-0.2, 0) is 24.7 Å². The van der Waals surface area contributed by atoms with Gasteiger partial charge in [0.25, 0.3) is 0 Å². The maximum atomic E-state index is 11.9. The number of carbonyl (C=O) groups is 1. The van der Waals surface area contributed by atoms with E-state index in [9.17, 15) is 4.79 Å². The van der Waals surface area contributed by atoms with E-state index in [1.165, 1.54) is 22.2 Å². The van der Waals surface area contributed by atoms with Gasteiger partial charge in [-0.1, -0.05) is 24.8 Å². The minimum Gasteiger partial charge on any atom is -0.347 e. The predicted octanol–water partition coefficient (Wildman–Crippen LogP) is 2.79. The van der Waals surface area contributed by atoms with Crippen LogP contribution in [0, 0.1) is 0 Å². The average Bonchev–Trinajstić information content (AvgIpc) is 2.50. The molecule has 86 valence electrons. The van der Waals surface area contributed by atoms with Crippen LogP contribution in [0.2, 0.25) is 0 Å². The molecule has 1 heterocycles. The van der Waals surface area contributed by atoms with E-state index in [1.54, 1.807) is 0 Å². The zero-order valence-corrected chi connectivity index (χ0v) is 9.99. The molecule has 0 bridgehead atoms. The van der Waals surface area contributed by atoms with Gasteiger partial charge in [-0.2, -0.15) is 0 Å². The SMILES string of the molecule is C=C1CCc2c(c3ccccc3n2C)CC1=O. The summed E-state index contributed by atoms with van der Waals surface area (Å²) in [5.41, 5.74) is 4.48. The lowest BCUT2D eigenvalue weighted by Crippen LogP contribution is -2.02. The number of carbonyl (C=O) groups excluding carboxylic acids is 1. The number of aryl methyl sites for hydroxylation is 1. The van der Waals surface area contributed by atoms with Crippen molar-refractivity contribution < 1.29 is 4.79 Å². The van der Waals surface area contributed by atoms with Gasteiger partial charge < -0.3 is 4.57 Å². The molecule has 0 N–H and O–H groups in total. The van der Waals surface area contributed by atoms with E-state index in [0.717, 1.165) is 18.4 Å². The first-order valence-electron chi connectivity index (χ1n) is 5.94. The Hall–Kier alpha value is -1.83. The molecular weight excluding hydrogens is 210 g/mol. The van der Waals surface area contributed by atoms with Crippen molar-refractivity contribution in [1.29, 1.82) is 0 Å². The molecule has 0 atom stereocenters. The molecule has 2 nitrogen and oxygen atoms in total. The molecule has 0 radical (unpaired) electrons. The third-order valence-corrected chi connectivity index (χ3v) is 3.74. The van der Waals surface area contributed by atoms with Crippen molar-refractivity contribution in [1.82, 2.24) is 4.57 Å². The van der Waals surface area contributed by atoms with Crippen molar-refractivity contribution in [2.45, 2.75) is 19.3 Å².